The third-order valence-corrected chi connectivity index (χ3v) is 5.21. The van der Waals surface area contributed by atoms with Crippen LogP contribution >= 0.6 is 0 Å². The highest BCUT2D eigenvalue weighted by atomic mass is 16.5. The molecule has 2 aromatic carbocycles. The number of hydrogen-bond donors (Lipinski definition) is 2. The van der Waals surface area contributed by atoms with Gasteiger partial charge in [-0.05, 0) is 35.4 Å². The van der Waals surface area contributed by atoms with Gasteiger partial charge in [0.1, 0.15) is 12.4 Å². The van der Waals surface area contributed by atoms with Gasteiger partial charge in [0.05, 0.1) is 26.7 Å². The summed E-state index contributed by atoms with van der Waals surface area (Å²) in [6, 6.07) is 11.9. The van der Waals surface area contributed by atoms with E-state index in [1.54, 1.807) is 14.2 Å². The maximum Gasteiger partial charge on any atom is 0.228 e. The van der Waals surface area contributed by atoms with E-state index in [1.807, 2.05) is 35.2 Å². The van der Waals surface area contributed by atoms with E-state index in [0.29, 0.717) is 44.3 Å². The summed E-state index contributed by atoms with van der Waals surface area (Å²) in [5, 5.41) is 0. The third-order valence-electron chi connectivity index (χ3n) is 5.21. The van der Waals surface area contributed by atoms with Crippen LogP contribution in [0.15, 0.2) is 36.4 Å². The van der Waals surface area contributed by atoms with E-state index in [2.05, 4.69) is 16.9 Å². The van der Waals surface area contributed by atoms with E-state index in [9.17, 15) is 4.79 Å². The number of amides is 1. The number of benzene rings is 2. The van der Waals surface area contributed by atoms with Crippen molar-refractivity contribution in [1.82, 2.24) is 15.8 Å². The molecule has 0 atom stereocenters. The summed E-state index contributed by atoms with van der Waals surface area (Å²) in [5.74, 6) is 2.27. The van der Waals surface area contributed by atoms with Gasteiger partial charge >= 0.3 is 0 Å². The smallest absolute Gasteiger partial charge is 0.228 e. The molecule has 0 spiro atoms. The quantitative estimate of drug-likeness (QED) is 0.839. The van der Waals surface area contributed by atoms with Gasteiger partial charge in [-0.1, -0.05) is 12.1 Å². The molecule has 0 saturated carbocycles. The number of carbonyl (C=O) groups is 1. The SMILES string of the molecule is COc1cccc(-c2cc3c(c(OC)c2)OCCN(C(=O)C2CNNC2)C3)c1. The molecule has 7 heteroatoms. The molecule has 1 fully saturated rings. The zero-order valence-electron chi connectivity index (χ0n) is 16.2. The highest BCUT2D eigenvalue weighted by Crippen LogP contribution is 2.39. The second-order valence-corrected chi connectivity index (χ2v) is 6.97. The molecule has 148 valence electrons. The molecule has 2 N–H and O–H groups in total. The van der Waals surface area contributed by atoms with Crippen LogP contribution in [0.1, 0.15) is 5.56 Å². The first kappa shape index (κ1) is 18.6. The number of nitrogens with zero attached hydrogens (tertiary/aromatic N) is 1. The summed E-state index contributed by atoms with van der Waals surface area (Å²) in [6.45, 7) is 2.80. The van der Waals surface area contributed by atoms with Crippen molar-refractivity contribution in [3.63, 3.8) is 0 Å². The van der Waals surface area contributed by atoms with Gasteiger partial charge in [-0.15, -0.1) is 0 Å². The molecule has 1 amide bonds. The molecule has 0 aliphatic carbocycles. The Balaban J connectivity index is 1.69. The average molecular weight is 383 g/mol. The van der Waals surface area contributed by atoms with Gasteiger partial charge in [0.15, 0.2) is 11.5 Å². The standard InChI is InChI=1S/C21H25N3O4/c1-26-18-5-3-4-14(9-18)15-8-16-13-24(21(25)17-11-22-23-12-17)6-7-28-20(16)19(10-15)27-2/h3-5,8-10,17,22-23H,6-7,11-13H2,1-2H3. The monoisotopic (exact) mass is 383 g/mol. The molecular formula is C21H25N3O4. The largest absolute Gasteiger partial charge is 0.497 e. The number of hydrogen-bond acceptors (Lipinski definition) is 6. The van der Waals surface area contributed by atoms with Crippen molar-refractivity contribution in [1.29, 1.82) is 0 Å². The predicted molar refractivity (Wildman–Crippen MR) is 105 cm³/mol. The fraction of sp³-hybridized carbons (Fsp3) is 0.381. The van der Waals surface area contributed by atoms with Crippen LogP contribution in [0.5, 0.6) is 17.2 Å². The third kappa shape index (κ3) is 3.63. The first-order valence-corrected chi connectivity index (χ1v) is 9.42. The number of methoxy groups -OCH3 is 2. The Labute approximate surface area is 164 Å². The highest BCUT2D eigenvalue weighted by molar-refractivity contribution is 5.80. The summed E-state index contributed by atoms with van der Waals surface area (Å²) in [4.78, 5) is 14.8. The zero-order chi connectivity index (χ0) is 19.5. The lowest BCUT2D eigenvalue weighted by molar-refractivity contribution is -0.135. The van der Waals surface area contributed by atoms with Crippen molar-refractivity contribution in [3.05, 3.63) is 42.0 Å². The van der Waals surface area contributed by atoms with Gasteiger partial charge in [-0.2, -0.15) is 0 Å². The van der Waals surface area contributed by atoms with Crippen molar-refractivity contribution < 1.29 is 19.0 Å². The molecule has 4 rings (SSSR count). The van der Waals surface area contributed by atoms with Crippen LogP contribution in [-0.2, 0) is 11.3 Å². The minimum atomic E-state index is -0.0509. The Morgan fingerprint density at radius 3 is 2.68 bits per heavy atom. The Morgan fingerprint density at radius 1 is 1.11 bits per heavy atom. The van der Waals surface area contributed by atoms with Crippen LogP contribution in [0.25, 0.3) is 11.1 Å². The summed E-state index contributed by atoms with van der Waals surface area (Å²) in [5.41, 5.74) is 9.02. The maximum atomic E-state index is 12.9. The normalized spacial score (nSPS) is 16.9. The number of hydrazine groups is 1. The van der Waals surface area contributed by atoms with Crippen LogP contribution in [0.2, 0.25) is 0 Å². The van der Waals surface area contributed by atoms with Gasteiger partial charge in [-0.25, -0.2) is 0 Å². The van der Waals surface area contributed by atoms with E-state index in [4.69, 9.17) is 14.2 Å². The van der Waals surface area contributed by atoms with Crippen molar-refractivity contribution >= 4 is 5.91 Å². The molecule has 0 unspecified atom stereocenters. The lowest BCUT2D eigenvalue weighted by Crippen LogP contribution is -2.39. The maximum absolute atomic E-state index is 12.9. The molecule has 7 nitrogen and oxygen atoms in total. The van der Waals surface area contributed by atoms with E-state index < -0.39 is 0 Å². The van der Waals surface area contributed by atoms with E-state index in [1.165, 1.54) is 0 Å². The fourth-order valence-electron chi connectivity index (χ4n) is 3.69. The first-order valence-electron chi connectivity index (χ1n) is 9.42. The number of nitrogens with one attached hydrogen (secondary N) is 2. The van der Waals surface area contributed by atoms with E-state index in [0.717, 1.165) is 22.4 Å². The first-order chi connectivity index (χ1) is 13.7. The molecule has 28 heavy (non-hydrogen) atoms. The zero-order valence-corrected chi connectivity index (χ0v) is 16.2. The Kier molecular flexibility index (Phi) is 5.36. The fourth-order valence-corrected chi connectivity index (χ4v) is 3.69. The van der Waals surface area contributed by atoms with Crippen molar-refractivity contribution in [2.45, 2.75) is 6.54 Å². The van der Waals surface area contributed by atoms with Gasteiger partial charge in [0, 0.05) is 25.2 Å². The number of carbonyl (C=O) groups excluding carboxylic acids is 1. The summed E-state index contributed by atoms with van der Waals surface area (Å²) in [6.07, 6.45) is 0. The van der Waals surface area contributed by atoms with Gasteiger partial charge in [0.25, 0.3) is 0 Å². The molecule has 2 heterocycles. The number of ether oxygens (including phenoxy) is 3. The predicted octanol–water partition coefficient (Wildman–Crippen LogP) is 1.82. The molecule has 2 aliphatic heterocycles. The second kappa shape index (κ2) is 8.08. The van der Waals surface area contributed by atoms with Crippen LogP contribution in [-0.4, -0.2) is 51.3 Å². The molecular weight excluding hydrogens is 358 g/mol. The van der Waals surface area contributed by atoms with Crippen LogP contribution in [0.3, 0.4) is 0 Å². The van der Waals surface area contributed by atoms with Crippen molar-refractivity contribution in [2.24, 2.45) is 5.92 Å². The molecule has 0 aromatic heterocycles. The number of rotatable bonds is 4. The van der Waals surface area contributed by atoms with Gasteiger partial charge in [-0.3, -0.25) is 15.6 Å². The average Bonchev–Trinajstić information content (AvgIpc) is 3.19. The van der Waals surface area contributed by atoms with Crippen LogP contribution in [0, 0.1) is 5.92 Å². The van der Waals surface area contributed by atoms with Crippen LogP contribution in [0.4, 0.5) is 0 Å². The Hall–Kier alpha value is -2.77. The second-order valence-electron chi connectivity index (χ2n) is 6.97. The summed E-state index contributed by atoms with van der Waals surface area (Å²) in [7, 11) is 3.29. The summed E-state index contributed by atoms with van der Waals surface area (Å²) < 4.78 is 16.9. The minimum absolute atomic E-state index is 0.0509. The van der Waals surface area contributed by atoms with Crippen molar-refractivity contribution in [2.75, 3.05) is 40.5 Å². The molecule has 2 aliphatic rings. The molecule has 1 saturated heterocycles. The Morgan fingerprint density at radius 2 is 1.93 bits per heavy atom. The molecule has 2 aromatic rings. The van der Waals surface area contributed by atoms with E-state index in [-0.39, 0.29) is 11.8 Å². The lowest BCUT2D eigenvalue weighted by Gasteiger charge is -2.23. The highest BCUT2D eigenvalue weighted by Gasteiger charge is 2.30. The summed E-state index contributed by atoms with van der Waals surface area (Å²) >= 11 is 0. The Bertz CT molecular complexity index is 865. The minimum Gasteiger partial charge on any atom is -0.497 e. The lowest BCUT2D eigenvalue weighted by atomic mass is 10.0. The van der Waals surface area contributed by atoms with E-state index >= 15 is 0 Å². The topological polar surface area (TPSA) is 72.1 Å². The van der Waals surface area contributed by atoms with Gasteiger partial charge in [0.2, 0.25) is 5.91 Å². The van der Waals surface area contributed by atoms with Crippen LogP contribution < -0.4 is 25.1 Å². The number of fused-ring (bicyclic) bond motifs is 1. The molecule has 0 bridgehead atoms. The van der Waals surface area contributed by atoms with Gasteiger partial charge < -0.3 is 19.1 Å². The van der Waals surface area contributed by atoms with Crippen molar-refractivity contribution in [3.8, 4) is 28.4 Å². The molecule has 0 radical (unpaired) electrons.